The van der Waals surface area contributed by atoms with Crippen molar-refractivity contribution in [3.05, 3.63) is 24.0 Å². The minimum Gasteiger partial charge on any atom is -0.492 e. The van der Waals surface area contributed by atoms with Crippen LogP contribution >= 0.6 is 0 Å². The maximum Gasteiger partial charge on any atom is 0.140 e. The van der Waals surface area contributed by atoms with Gasteiger partial charge in [0.15, 0.2) is 0 Å². The summed E-state index contributed by atoms with van der Waals surface area (Å²) in [6.07, 6.45) is 2.73. The lowest BCUT2D eigenvalue weighted by Crippen LogP contribution is -2.25. The number of aryl methyl sites for hydroxylation is 1. The van der Waals surface area contributed by atoms with E-state index in [1.165, 1.54) is 0 Å². The number of pyridine rings is 1. The molecule has 0 saturated carbocycles. The first-order valence-electron chi connectivity index (χ1n) is 5.30. The summed E-state index contributed by atoms with van der Waals surface area (Å²) < 4.78 is 5.66. The van der Waals surface area contributed by atoms with Gasteiger partial charge >= 0.3 is 0 Å². The Morgan fingerprint density at radius 3 is 2.80 bits per heavy atom. The summed E-state index contributed by atoms with van der Waals surface area (Å²) in [7, 11) is 0. The van der Waals surface area contributed by atoms with Gasteiger partial charge in [-0.1, -0.05) is 13.8 Å². The van der Waals surface area contributed by atoms with Gasteiger partial charge in [-0.2, -0.15) is 0 Å². The fraction of sp³-hybridized carbons (Fsp3) is 0.583. The molecule has 0 aliphatic heterocycles. The Labute approximate surface area is 91.7 Å². The molecule has 0 aliphatic rings. The molecule has 0 bridgehead atoms. The van der Waals surface area contributed by atoms with Gasteiger partial charge in [0.1, 0.15) is 5.75 Å². The minimum atomic E-state index is 0.149. The molecule has 1 rings (SSSR count). The third kappa shape index (κ3) is 3.88. The number of nitrogens with zero attached hydrogens (tertiary/aromatic N) is 1. The van der Waals surface area contributed by atoms with Crippen molar-refractivity contribution >= 4 is 0 Å². The molecule has 2 N–H and O–H groups in total. The van der Waals surface area contributed by atoms with Gasteiger partial charge in [-0.15, -0.1) is 0 Å². The van der Waals surface area contributed by atoms with Crippen LogP contribution in [0.4, 0.5) is 0 Å². The van der Waals surface area contributed by atoms with E-state index in [0.717, 1.165) is 17.9 Å². The molecule has 0 saturated heterocycles. The van der Waals surface area contributed by atoms with E-state index in [4.69, 9.17) is 10.5 Å². The zero-order chi connectivity index (χ0) is 11.3. The van der Waals surface area contributed by atoms with Gasteiger partial charge in [-0.3, -0.25) is 4.98 Å². The Morgan fingerprint density at radius 2 is 2.20 bits per heavy atom. The van der Waals surface area contributed by atoms with Gasteiger partial charge in [0, 0.05) is 6.20 Å². The zero-order valence-electron chi connectivity index (χ0n) is 9.79. The molecular weight excluding hydrogens is 188 g/mol. The molecule has 3 heteroatoms. The molecule has 0 aliphatic carbocycles. The van der Waals surface area contributed by atoms with E-state index in [0.29, 0.717) is 13.2 Å². The van der Waals surface area contributed by atoms with E-state index in [-0.39, 0.29) is 5.41 Å². The van der Waals surface area contributed by atoms with Gasteiger partial charge in [0.25, 0.3) is 0 Å². The Balaban J connectivity index is 2.42. The van der Waals surface area contributed by atoms with E-state index in [1.807, 2.05) is 19.1 Å². The molecule has 0 aromatic carbocycles. The number of hydrogen-bond donors (Lipinski definition) is 1. The Hall–Kier alpha value is -1.09. The Morgan fingerprint density at radius 1 is 1.47 bits per heavy atom. The lowest BCUT2D eigenvalue weighted by molar-refractivity contribution is 0.232. The zero-order valence-corrected chi connectivity index (χ0v) is 9.79. The van der Waals surface area contributed by atoms with Crippen LogP contribution in [0.5, 0.6) is 5.75 Å². The van der Waals surface area contributed by atoms with E-state index in [9.17, 15) is 0 Å². The molecule has 0 fully saturated rings. The standard InChI is InChI=1S/C12H20N2O/c1-10-11(5-4-7-14-10)15-8-6-12(2,3)9-13/h4-5,7H,6,8-9,13H2,1-3H3. The number of rotatable bonds is 5. The van der Waals surface area contributed by atoms with Crippen LogP contribution in [0.15, 0.2) is 18.3 Å². The normalized spacial score (nSPS) is 11.5. The molecule has 0 unspecified atom stereocenters. The second kappa shape index (κ2) is 5.12. The van der Waals surface area contributed by atoms with Crippen LogP contribution in [0.25, 0.3) is 0 Å². The van der Waals surface area contributed by atoms with Crippen LogP contribution < -0.4 is 10.5 Å². The molecule has 0 atom stereocenters. The quantitative estimate of drug-likeness (QED) is 0.806. The smallest absolute Gasteiger partial charge is 0.140 e. The first-order chi connectivity index (χ1) is 7.05. The van der Waals surface area contributed by atoms with Gasteiger partial charge in [-0.05, 0) is 37.4 Å². The van der Waals surface area contributed by atoms with Crippen LogP contribution in [-0.2, 0) is 0 Å². The van der Waals surface area contributed by atoms with Crippen molar-refractivity contribution in [3.63, 3.8) is 0 Å². The van der Waals surface area contributed by atoms with Crippen LogP contribution in [0, 0.1) is 12.3 Å². The summed E-state index contributed by atoms with van der Waals surface area (Å²) in [4.78, 5) is 4.16. The Kier molecular flexibility index (Phi) is 4.09. The molecule has 15 heavy (non-hydrogen) atoms. The maximum absolute atomic E-state index is 5.66. The highest BCUT2D eigenvalue weighted by Gasteiger charge is 2.15. The molecule has 1 aromatic rings. The average Bonchev–Trinajstić information content (AvgIpc) is 2.21. The van der Waals surface area contributed by atoms with Crippen LogP contribution in [0.2, 0.25) is 0 Å². The first-order valence-corrected chi connectivity index (χ1v) is 5.30. The van der Waals surface area contributed by atoms with Crippen molar-refractivity contribution in [1.29, 1.82) is 0 Å². The lowest BCUT2D eigenvalue weighted by atomic mass is 9.90. The highest BCUT2D eigenvalue weighted by atomic mass is 16.5. The first kappa shape index (κ1) is 12.0. The number of aromatic nitrogens is 1. The van der Waals surface area contributed by atoms with Crippen LogP contribution in [-0.4, -0.2) is 18.1 Å². The van der Waals surface area contributed by atoms with Crippen molar-refractivity contribution in [1.82, 2.24) is 4.98 Å². The third-order valence-electron chi connectivity index (χ3n) is 2.55. The Bertz CT molecular complexity index is 310. The molecule has 0 radical (unpaired) electrons. The summed E-state index contributed by atoms with van der Waals surface area (Å²) in [6.45, 7) is 7.61. The second-order valence-corrected chi connectivity index (χ2v) is 4.55. The second-order valence-electron chi connectivity index (χ2n) is 4.55. The summed E-state index contributed by atoms with van der Waals surface area (Å²) in [5.74, 6) is 0.866. The summed E-state index contributed by atoms with van der Waals surface area (Å²) in [6, 6.07) is 3.83. The monoisotopic (exact) mass is 208 g/mol. The molecule has 0 amide bonds. The molecule has 1 aromatic heterocycles. The highest BCUT2D eigenvalue weighted by molar-refractivity contribution is 5.25. The van der Waals surface area contributed by atoms with Gasteiger partial charge in [0.2, 0.25) is 0 Å². The largest absolute Gasteiger partial charge is 0.492 e. The maximum atomic E-state index is 5.66. The van der Waals surface area contributed by atoms with Gasteiger partial charge in [0.05, 0.1) is 12.3 Å². The SMILES string of the molecule is Cc1ncccc1OCCC(C)(C)CN. The molecule has 0 spiro atoms. The van der Waals surface area contributed by atoms with E-state index in [2.05, 4.69) is 18.8 Å². The van der Waals surface area contributed by atoms with E-state index >= 15 is 0 Å². The number of hydrogen-bond acceptors (Lipinski definition) is 3. The predicted molar refractivity (Wildman–Crippen MR) is 61.9 cm³/mol. The number of ether oxygens (including phenoxy) is 1. The summed E-state index contributed by atoms with van der Waals surface area (Å²) in [5.41, 5.74) is 6.73. The van der Waals surface area contributed by atoms with Crippen molar-refractivity contribution in [2.75, 3.05) is 13.2 Å². The number of nitrogens with two attached hydrogens (primary N) is 1. The van der Waals surface area contributed by atoms with Crippen molar-refractivity contribution < 1.29 is 4.74 Å². The topological polar surface area (TPSA) is 48.1 Å². The van der Waals surface area contributed by atoms with E-state index in [1.54, 1.807) is 6.20 Å². The van der Waals surface area contributed by atoms with Crippen molar-refractivity contribution in [2.24, 2.45) is 11.1 Å². The van der Waals surface area contributed by atoms with Crippen molar-refractivity contribution in [2.45, 2.75) is 27.2 Å². The molecule has 84 valence electrons. The molecule has 3 nitrogen and oxygen atoms in total. The van der Waals surface area contributed by atoms with Gasteiger partial charge < -0.3 is 10.5 Å². The lowest BCUT2D eigenvalue weighted by Gasteiger charge is -2.22. The predicted octanol–water partition coefficient (Wildman–Crippen LogP) is 2.14. The van der Waals surface area contributed by atoms with E-state index < -0.39 is 0 Å². The van der Waals surface area contributed by atoms with Crippen LogP contribution in [0.3, 0.4) is 0 Å². The summed E-state index contributed by atoms with van der Waals surface area (Å²) >= 11 is 0. The fourth-order valence-corrected chi connectivity index (χ4v) is 1.16. The highest BCUT2D eigenvalue weighted by Crippen LogP contribution is 2.20. The molecule has 1 heterocycles. The van der Waals surface area contributed by atoms with Gasteiger partial charge in [-0.25, -0.2) is 0 Å². The molecular formula is C12H20N2O. The average molecular weight is 208 g/mol. The third-order valence-corrected chi connectivity index (χ3v) is 2.55. The minimum absolute atomic E-state index is 0.149. The van der Waals surface area contributed by atoms with Crippen molar-refractivity contribution in [3.8, 4) is 5.75 Å². The summed E-state index contributed by atoms with van der Waals surface area (Å²) in [5, 5.41) is 0. The fourth-order valence-electron chi connectivity index (χ4n) is 1.16. The van der Waals surface area contributed by atoms with Crippen LogP contribution in [0.1, 0.15) is 26.0 Å².